The first-order valence-corrected chi connectivity index (χ1v) is 7.30. The maximum Gasteiger partial charge on any atom is 0.345 e. The second-order valence-electron chi connectivity index (χ2n) is 5.50. The standard InChI is InChI=1S/C15H18N4O3/c1-9-3-2-8-19-13(9)18-12(11(14(19)20)15(21)22)17-10-4-6-16-7-5-10/h2-3,8,10,16-17H,4-7H2,1H3,(H,21,22). The summed E-state index contributed by atoms with van der Waals surface area (Å²) in [6.45, 7) is 3.58. The number of anilines is 1. The second-order valence-corrected chi connectivity index (χ2v) is 5.50. The van der Waals surface area contributed by atoms with Crippen molar-refractivity contribution in [2.24, 2.45) is 0 Å². The monoisotopic (exact) mass is 302 g/mol. The number of aromatic nitrogens is 2. The lowest BCUT2D eigenvalue weighted by Gasteiger charge is -2.24. The number of fused-ring (bicyclic) bond motifs is 1. The lowest BCUT2D eigenvalue weighted by Crippen LogP contribution is -2.37. The number of carbonyl (C=O) groups is 1. The molecule has 2 aromatic heterocycles. The van der Waals surface area contributed by atoms with Crippen molar-refractivity contribution in [1.29, 1.82) is 0 Å². The van der Waals surface area contributed by atoms with Gasteiger partial charge in [0.2, 0.25) is 0 Å². The van der Waals surface area contributed by atoms with Gasteiger partial charge in [-0.1, -0.05) is 6.07 Å². The van der Waals surface area contributed by atoms with Gasteiger partial charge in [-0.2, -0.15) is 0 Å². The molecule has 116 valence electrons. The molecule has 0 radical (unpaired) electrons. The van der Waals surface area contributed by atoms with Gasteiger partial charge in [0, 0.05) is 12.2 Å². The highest BCUT2D eigenvalue weighted by Gasteiger charge is 2.22. The van der Waals surface area contributed by atoms with Crippen LogP contribution in [0.2, 0.25) is 0 Å². The van der Waals surface area contributed by atoms with Crippen molar-refractivity contribution < 1.29 is 9.90 Å². The van der Waals surface area contributed by atoms with Gasteiger partial charge in [-0.05, 0) is 44.5 Å². The third-order valence-corrected chi connectivity index (χ3v) is 3.94. The molecule has 1 saturated heterocycles. The van der Waals surface area contributed by atoms with E-state index in [9.17, 15) is 14.7 Å². The van der Waals surface area contributed by atoms with Gasteiger partial charge in [0.05, 0.1) is 0 Å². The SMILES string of the molecule is Cc1cccn2c(=O)c(C(=O)O)c(NC3CCNCC3)nc12. The summed E-state index contributed by atoms with van der Waals surface area (Å²) in [4.78, 5) is 28.4. The molecule has 7 heteroatoms. The van der Waals surface area contributed by atoms with Gasteiger partial charge < -0.3 is 15.7 Å². The molecule has 7 nitrogen and oxygen atoms in total. The van der Waals surface area contributed by atoms with E-state index in [1.807, 2.05) is 13.0 Å². The number of pyridine rings is 1. The van der Waals surface area contributed by atoms with Crippen molar-refractivity contribution >= 4 is 17.4 Å². The number of aromatic carboxylic acids is 1. The minimum atomic E-state index is -1.26. The maximum absolute atomic E-state index is 12.5. The Morgan fingerprint density at radius 2 is 2.18 bits per heavy atom. The molecular weight excluding hydrogens is 284 g/mol. The molecule has 3 rings (SSSR count). The molecule has 1 fully saturated rings. The number of nitrogens with one attached hydrogen (secondary N) is 2. The Morgan fingerprint density at radius 1 is 1.45 bits per heavy atom. The van der Waals surface area contributed by atoms with E-state index < -0.39 is 11.5 Å². The molecule has 0 unspecified atom stereocenters. The molecule has 0 aromatic carbocycles. The van der Waals surface area contributed by atoms with Crippen LogP contribution in [0, 0.1) is 6.92 Å². The number of aryl methyl sites for hydroxylation is 1. The highest BCUT2D eigenvalue weighted by Crippen LogP contribution is 2.17. The molecular formula is C15H18N4O3. The van der Waals surface area contributed by atoms with Crippen LogP contribution in [0.25, 0.3) is 5.65 Å². The van der Waals surface area contributed by atoms with Crippen molar-refractivity contribution in [3.8, 4) is 0 Å². The minimum Gasteiger partial charge on any atom is -0.477 e. The van der Waals surface area contributed by atoms with Gasteiger partial charge in [0.1, 0.15) is 11.5 Å². The van der Waals surface area contributed by atoms with Crippen LogP contribution < -0.4 is 16.2 Å². The third kappa shape index (κ3) is 2.55. The van der Waals surface area contributed by atoms with E-state index in [4.69, 9.17) is 0 Å². The van der Waals surface area contributed by atoms with E-state index >= 15 is 0 Å². The molecule has 3 N–H and O–H groups in total. The van der Waals surface area contributed by atoms with Crippen LogP contribution in [0.1, 0.15) is 28.8 Å². The smallest absolute Gasteiger partial charge is 0.345 e. The fraction of sp³-hybridized carbons (Fsp3) is 0.400. The number of piperidine rings is 1. The van der Waals surface area contributed by atoms with E-state index in [-0.39, 0.29) is 17.4 Å². The second kappa shape index (κ2) is 5.76. The quantitative estimate of drug-likeness (QED) is 0.778. The first kappa shape index (κ1) is 14.5. The minimum absolute atomic E-state index is 0.123. The van der Waals surface area contributed by atoms with E-state index in [1.54, 1.807) is 12.3 Å². The predicted molar refractivity (Wildman–Crippen MR) is 82.7 cm³/mol. The van der Waals surface area contributed by atoms with E-state index in [2.05, 4.69) is 15.6 Å². The molecule has 0 aliphatic carbocycles. The van der Waals surface area contributed by atoms with Crippen LogP contribution >= 0.6 is 0 Å². The number of carboxylic acid groups (broad SMARTS) is 1. The zero-order chi connectivity index (χ0) is 15.7. The zero-order valence-electron chi connectivity index (χ0n) is 12.3. The molecule has 3 heterocycles. The molecule has 1 aliphatic heterocycles. The number of hydrogen-bond acceptors (Lipinski definition) is 5. The number of rotatable bonds is 3. The lowest BCUT2D eigenvalue weighted by atomic mass is 10.1. The summed E-state index contributed by atoms with van der Waals surface area (Å²) >= 11 is 0. The van der Waals surface area contributed by atoms with Gasteiger partial charge in [0.15, 0.2) is 5.56 Å². The number of carboxylic acids is 1. The summed E-state index contributed by atoms with van der Waals surface area (Å²) in [5.74, 6) is -1.09. The fourth-order valence-corrected chi connectivity index (χ4v) is 2.75. The summed E-state index contributed by atoms with van der Waals surface area (Å²) < 4.78 is 1.28. The van der Waals surface area contributed by atoms with Crippen LogP contribution in [0.4, 0.5) is 5.82 Å². The fourth-order valence-electron chi connectivity index (χ4n) is 2.75. The van der Waals surface area contributed by atoms with E-state index in [1.165, 1.54) is 4.40 Å². The van der Waals surface area contributed by atoms with Gasteiger partial charge in [-0.15, -0.1) is 0 Å². The van der Waals surface area contributed by atoms with Crippen LogP contribution in [-0.4, -0.2) is 39.6 Å². The van der Waals surface area contributed by atoms with Gasteiger partial charge in [-0.25, -0.2) is 9.78 Å². The first-order chi connectivity index (χ1) is 10.6. The Balaban J connectivity index is 2.14. The topological polar surface area (TPSA) is 95.7 Å². The van der Waals surface area contributed by atoms with Crippen LogP contribution in [0.3, 0.4) is 0 Å². The average Bonchev–Trinajstić information content (AvgIpc) is 2.49. The average molecular weight is 302 g/mol. The summed E-state index contributed by atoms with van der Waals surface area (Å²) in [5, 5.41) is 15.8. The number of nitrogens with zero attached hydrogens (tertiary/aromatic N) is 2. The van der Waals surface area contributed by atoms with Gasteiger partial charge in [0.25, 0.3) is 5.56 Å². The summed E-state index contributed by atoms with van der Waals surface area (Å²) in [5.41, 5.74) is 0.443. The van der Waals surface area contributed by atoms with Crippen molar-refractivity contribution in [2.75, 3.05) is 18.4 Å². The molecule has 1 aliphatic rings. The third-order valence-electron chi connectivity index (χ3n) is 3.94. The Labute approximate surface area is 127 Å². The molecule has 2 aromatic rings. The largest absolute Gasteiger partial charge is 0.477 e. The van der Waals surface area contributed by atoms with Crippen LogP contribution in [-0.2, 0) is 0 Å². The zero-order valence-corrected chi connectivity index (χ0v) is 12.3. The van der Waals surface area contributed by atoms with Gasteiger partial charge >= 0.3 is 5.97 Å². The highest BCUT2D eigenvalue weighted by molar-refractivity contribution is 5.93. The van der Waals surface area contributed by atoms with E-state index in [0.717, 1.165) is 31.5 Å². The van der Waals surface area contributed by atoms with E-state index in [0.29, 0.717) is 5.65 Å². The van der Waals surface area contributed by atoms with Crippen molar-refractivity contribution in [3.63, 3.8) is 0 Å². The first-order valence-electron chi connectivity index (χ1n) is 7.30. The van der Waals surface area contributed by atoms with Crippen molar-refractivity contribution in [2.45, 2.75) is 25.8 Å². The molecule has 0 bridgehead atoms. The van der Waals surface area contributed by atoms with Crippen LogP contribution in [0.5, 0.6) is 0 Å². The Bertz CT molecular complexity index is 778. The van der Waals surface area contributed by atoms with Crippen LogP contribution in [0.15, 0.2) is 23.1 Å². The number of hydrogen-bond donors (Lipinski definition) is 3. The summed E-state index contributed by atoms with van der Waals surface area (Å²) in [7, 11) is 0. The Morgan fingerprint density at radius 3 is 2.86 bits per heavy atom. The van der Waals surface area contributed by atoms with Gasteiger partial charge in [-0.3, -0.25) is 9.20 Å². The molecule has 22 heavy (non-hydrogen) atoms. The summed E-state index contributed by atoms with van der Waals surface area (Å²) in [6.07, 6.45) is 3.28. The highest BCUT2D eigenvalue weighted by atomic mass is 16.4. The Hall–Kier alpha value is -2.41. The Kier molecular flexibility index (Phi) is 3.81. The normalized spacial score (nSPS) is 15.9. The lowest BCUT2D eigenvalue weighted by molar-refractivity contribution is 0.0695. The maximum atomic E-state index is 12.5. The molecule has 0 amide bonds. The van der Waals surface area contributed by atoms with Crippen molar-refractivity contribution in [1.82, 2.24) is 14.7 Å². The summed E-state index contributed by atoms with van der Waals surface area (Å²) in [6, 6.07) is 3.67. The predicted octanol–water partition coefficient (Wildman–Crippen LogP) is 0.865. The molecule has 0 atom stereocenters. The van der Waals surface area contributed by atoms with Crippen molar-refractivity contribution in [3.05, 3.63) is 39.8 Å². The molecule has 0 spiro atoms. The molecule has 0 saturated carbocycles.